The highest BCUT2D eigenvalue weighted by molar-refractivity contribution is 6.31. The number of nitrogens with one attached hydrogen (secondary N) is 2. The number of anilines is 1. The van der Waals surface area contributed by atoms with Gasteiger partial charge in [0, 0.05) is 22.3 Å². The summed E-state index contributed by atoms with van der Waals surface area (Å²) in [6, 6.07) is 15.4. The second-order valence-electron chi connectivity index (χ2n) is 8.92. The van der Waals surface area contributed by atoms with Crippen molar-refractivity contribution in [3.05, 3.63) is 86.9 Å². The number of amides is 1. The van der Waals surface area contributed by atoms with Crippen LogP contribution < -0.4 is 10.6 Å². The van der Waals surface area contributed by atoms with Gasteiger partial charge in [0.15, 0.2) is 0 Å². The molecule has 0 fully saturated rings. The van der Waals surface area contributed by atoms with Crippen molar-refractivity contribution in [1.29, 1.82) is 0 Å². The molecule has 3 aromatic rings. The van der Waals surface area contributed by atoms with Gasteiger partial charge in [0.1, 0.15) is 6.04 Å². The molecule has 6 heteroatoms. The summed E-state index contributed by atoms with van der Waals surface area (Å²) in [7, 11) is 0. The highest BCUT2D eigenvalue weighted by atomic mass is 35.5. The Balaban J connectivity index is 1.86. The van der Waals surface area contributed by atoms with Crippen LogP contribution in [-0.4, -0.2) is 23.0 Å². The maximum Gasteiger partial charge on any atom is 0.325 e. The van der Waals surface area contributed by atoms with Crippen LogP contribution in [0.4, 0.5) is 5.69 Å². The van der Waals surface area contributed by atoms with E-state index >= 15 is 0 Å². The normalized spacial score (nSPS) is 12.7. The molecular formula is C28H31ClN2O3. The molecule has 2 unspecified atom stereocenters. The Labute approximate surface area is 206 Å². The lowest BCUT2D eigenvalue weighted by Crippen LogP contribution is -2.38. The van der Waals surface area contributed by atoms with Gasteiger partial charge < -0.3 is 15.7 Å². The monoisotopic (exact) mass is 478 g/mol. The average Bonchev–Trinajstić information content (AvgIpc) is 2.75. The quantitative estimate of drug-likeness (QED) is 0.356. The summed E-state index contributed by atoms with van der Waals surface area (Å²) in [6.45, 7) is 11.4. The first kappa shape index (κ1) is 25.3. The van der Waals surface area contributed by atoms with Gasteiger partial charge in [0.25, 0.3) is 5.91 Å². The van der Waals surface area contributed by atoms with E-state index in [1.165, 1.54) is 12.5 Å². The Hall–Kier alpha value is -3.31. The Bertz CT molecular complexity index is 1230. The van der Waals surface area contributed by atoms with Gasteiger partial charge in [0.2, 0.25) is 0 Å². The molecule has 0 saturated heterocycles. The van der Waals surface area contributed by atoms with E-state index in [0.717, 1.165) is 44.1 Å². The number of rotatable bonds is 7. The first-order valence-corrected chi connectivity index (χ1v) is 11.6. The van der Waals surface area contributed by atoms with E-state index in [2.05, 4.69) is 36.6 Å². The topological polar surface area (TPSA) is 78.4 Å². The zero-order valence-electron chi connectivity index (χ0n) is 20.4. The van der Waals surface area contributed by atoms with Crippen molar-refractivity contribution in [1.82, 2.24) is 5.32 Å². The molecule has 0 bridgehead atoms. The predicted octanol–water partition coefficient (Wildman–Crippen LogP) is 6.62. The molecule has 5 nitrogen and oxygen atoms in total. The summed E-state index contributed by atoms with van der Waals surface area (Å²) >= 11 is 6.26. The minimum Gasteiger partial charge on any atom is -0.480 e. The second-order valence-corrected chi connectivity index (χ2v) is 9.33. The van der Waals surface area contributed by atoms with Crippen molar-refractivity contribution < 1.29 is 14.7 Å². The number of hydrogen-bond acceptors (Lipinski definition) is 3. The number of carbonyl (C=O) groups is 2. The largest absolute Gasteiger partial charge is 0.480 e. The third-order valence-electron chi connectivity index (χ3n) is 6.07. The molecular weight excluding hydrogens is 448 g/mol. The van der Waals surface area contributed by atoms with E-state index in [-0.39, 0.29) is 11.9 Å². The van der Waals surface area contributed by atoms with E-state index in [4.69, 9.17) is 16.7 Å². The van der Waals surface area contributed by atoms with Crippen molar-refractivity contribution in [3.63, 3.8) is 0 Å². The van der Waals surface area contributed by atoms with Crippen LogP contribution in [-0.2, 0) is 4.79 Å². The van der Waals surface area contributed by atoms with Gasteiger partial charge in [-0.3, -0.25) is 9.59 Å². The maximum atomic E-state index is 12.6. The Kier molecular flexibility index (Phi) is 7.68. The minimum atomic E-state index is -1.07. The lowest BCUT2D eigenvalue weighted by atomic mass is 9.94. The molecule has 3 rings (SSSR count). The Morgan fingerprint density at radius 2 is 1.50 bits per heavy atom. The summed E-state index contributed by atoms with van der Waals surface area (Å²) < 4.78 is 0. The first-order valence-electron chi connectivity index (χ1n) is 11.3. The molecule has 0 aromatic heterocycles. The van der Waals surface area contributed by atoms with E-state index < -0.39 is 12.0 Å². The van der Waals surface area contributed by atoms with Gasteiger partial charge in [-0.25, -0.2) is 0 Å². The molecule has 1 amide bonds. The Morgan fingerprint density at radius 3 is 2.12 bits per heavy atom. The van der Waals surface area contributed by atoms with E-state index in [9.17, 15) is 9.59 Å². The molecule has 0 aliphatic heterocycles. The summed E-state index contributed by atoms with van der Waals surface area (Å²) in [6.07, 6.45) is 0. The molecule has 0 aliphatic rings. The van der Waals surface area contributed by atoms with E-state index in [0.29, 0.717) is 5.56 Å². The summed E-state index contributed by atoms with van der Waals surface area (Å²) in [4.78, 5) is 23.7. The zero-order valence-corrected chi connectivity index (χ0v) is 21.2. The van der Waals surface area contributed by atoms with Crippen LogP contribution in [0.2, 0.25) is 5.02 Å². The molecule has 0 radical (unpaired) electrons. The highest BCUT2D eigenvalue weighted by Gasteiger charge is 2.19. The van der Waals surface area contributed by atoms with Crippen molar-refractivity contribution in [2.45, 2.75) is 53.6 Å². The van der Waals surface area contributed by atoms with Crippen LogP contribution in [0.5, 0.6) is 0 Å². The molecule has 2 atom stereocenters. The van der Waals surface area contributed by atoms with E-state index in [1.54, 1.807) is 0 Å². The number of aliphatic carboxylic acids is 1. The fourth-order valence-electron chi connectivity index (χ4n) is 4.20. The molecule has 178 valence electrons. The van der Waals surface area contributed by atoms with Gasteiger partial charge in [-0.2, -0.15) is 0 Å². The first-order chi connectivity index (χ1) is 16.0. The second kappa shape index (κ2) is 10.3. The molecule has 0 saturated carbocycles. The number of aryl methyl sites for hydroxylation is 4. The number of carboxylic acids is 1. The fourth-order valence-corrected chi connectivity index (χ4v) is 4.42. The maximum absolute atomic E-state index is 12.6. The molecule has 0 heterocycles. The number of halogens is 1. The summed E-state index contributed by atoms with van der Waals surface area (Å²) in [5.41, 5.74) is 8.50. The van der Waals surface area contributed by atoms with Crippen molar-refractivity contribution >= 4 is 29.2 Å². The smallest absolute Gasteiger partial charge is 0.325 e. The van der Waals surface area contributed by atoms with Crippen LogP contribution in [0.1, 0.15) is 58.1 Å². The third kappa shape index (κ3) is 5.60. The van der Waals surface area contributed by atoms with Gasteiger partial charge in [-0.1, -0.05) is 41.9 Å². The van der Waals surface area contributed by atoms with Crippen molar-refractivity contribution in [2.75, 3.05) is 5.32 Å². The van der Waals surface area contributed by atoms with Crippen molar-refractivity contribution in [3.8, 4) is 11.1 Å². The van der Waals surface area contributed by atoms with Crippen LogP contribution in [0.25, 0.3) is 11.1 Å². The van der Waals surface area contributed by atoms with Gasteiger partial charge in [0.05, 0.1) is 0 Å². The Morgan fingerprint density at radius 1 is 0.853 bits per heavy atom. The number of benzene rings is 3. The molecule has 3 aromatic carbocycles. The number of carbonyl (C=O) groups excluding carboxylic acids is 1. The van der Waals surface area contributed by atoms with Crippen LogP contribution in [0.3, 0.4) is 0 Å². The molecule has 0 spiro atoms. The van der Waals surface area contributed by atoms with Crippen LogP contribution in [0, 0.1) is 27.7 Å². The van der Waals surface area contributed by atoms with Crippen LogP contribution >= 0.6 is 11.6 Å². The SMILES string of the molecule is Cc1cc(C(C)Nc2cccc(-c3cc(C)c(C(=O)NC(C)C(=O)O)c(C)c3)c2)c(C)cc1Cl. The fraction of sp³-hybridized carbons (Fsp3) is 0.286. The number of hydrogen-bond donors (Lipinski definition) is 3. The molecule has 3 N–H and O–H groups in total. The van der Waals surface area contributed by atoms with E-state index in [1.807, 2.05) is 57.2 Å². The standard InChI is InChI=1S/C28H31ClN2O3/c1-15-13-25(29)16(2)12-24(15)19(5)30-23-9-7-8-21(14-23)22-10-17(3)26(18(4)11-22)27(32)31-20(6)28(33)34/h7-14,19-20,30H,1-6H3,(H,31,32)(H,33,34). The van der Waals surface area contributed by atoms with Gasteiger partial charge >= 0.3 is 5.97 Å². The van der Waals surface area contributed by atoms with Crippen LogP contribution in [0.15, 0.2) is 48.5 Å². The van der Waals surface area contributed by atoms with Gasteiger partial charge in [-0.15, -0.1) is 0 Å². The zero-order chi connectivity index (χ0) is 25.2. The lowest BCUT2D eigenvalue weighted by molar-refractivity contribution is -0.138. The predicted molar refractivity (Wildman–Crippen MR) is 139 cm³/mol. The molecule has 0 aliphatic carbocycles. The van der Waals surface area contributed by atoms with Crippen molar-refractivity contribution in [2.24, 2.45) is 0 Å². The third-order valence-corrected chi connectivity index (χ3v) is 6.48. The highest BCUT2D eigenvalue weighted by Crippen LogP contribution is 2.30. The number of carboxylic acid groups (broad SMARTS) is 1. The average molecular weight is 479 g/mol. The lowest BCUT2D eigenvalue weighted by Gasteiger charge is -2.20. The molecule has 34 heavy (non-hydrogen) atoms. The summed E-state index contributed by atoms with van der Waals surface area (Å²) in [5.74, 6) is -1.45. The van der Waals surface area contributed by atoms with Gasteiger partial charge in [-0.05, 0) is 98.7 Å². The summed E-state index contributed by atoms with van der Waals surface area (Å²) in [5, 5.41) is 16.0. The minimum absolute atomic E-state index is 0.0944.